The molecule has 0 amide bonds. The summed E-state index contributed by atoms with van der Waals surface area (Å²) in [5.41, 5.74) is 9.42. The summed E-state index contributed by atoms with van der Waals surface area (Å²) >= 11 is 7.19. The number of aromatic nitrogens is 5. The number of carbonyl (C=O) groups is 1. The zero-order chi connectivity index (χ0) is 31.7. The van der Waals surface area contributed by atoms with Crippen LogP contribution in [-0.2, 0) is 32.8 Å². The topological polar surface area (TPSA) is 183 Å². The quantitative estimate of drug-likeness (QED) is 0.129. The molecule has 0 saturated carbocycles. The first-order chi connectivity index (χ1) is 21.7. The van der Waals surface area contributed by atoms with Gasteiger partial charge in [-0.1, -0.05) is 48.5 Å². The zero-order valence-electron chi connectivity index (χ0n) is 23.4. The van der Waals surface area contributed by atoms with Gasteiger partial charge in [0, 0.05) is 17.4 Å². The lowest BCUT2D eigenvalue weighted by molar-refractivity contribution is -0.177. The van der Waals surface area contributed by atoms with Gasteiger partial charge in [0.05, 0.1) is 24.1 Å². The van der Waals surface area contributed by atoms with Crippen LogP contribution in [-0.4, -0.2) is 70.7 Å². The summed E-state index contributed by atoms with van der Waals surface area (Å²) in [5, 5.41) is 33.8. The minimum absolute atomic E-state index is 0.0341. The van der Waals surface area contributed by atoms with Gasteiger partial charge < -0.3 is 35.4 Å². The van der Waals surface area contributed by atoms with Gasteiger partial charge in [-0.05, 0) is 28.3 Å². The highest BCUT2D eigenvalue weighted by atomic mass is 35.5. The first kappa shape index (κ1) is 30.5. The number of anilines is 1. The van der Waals surface area contributed by atoms with E-state index in [-0.39, 0.29) is 40.9 Å². The fourth-order valence-corrected chi connectivity index (χ4v) is 6.19. The molecule has 5 N–H and O–H groups in total. The average molecular weight is 648 g/mol. The molecule has 2 aromatic carbocycles. The zero-order valence-corrected chi connectivity index (χ0v) is 25.0. The number of carboxylic acid groups (broad SMARTS) is 1. The molecule has 230 valence electrons. The van der Waals surface area contributed by atoms with Crippen LogP contribution in [0.15, 0.2) is 65.7 Å². The Morgan fingerprint density at radius 3 is 2.64 bits per heavy atom. The molecule has 15 heteroatoms. The number of fused-ring (bicyclic) bond motifs is 1. The Bertz CT molecular complexity index is 1880. The monoisotopic (exact) mass is 647 g/mol. The third kappa shape index (κ3) is 5.73. The van der Waals surface area contributed by atoms with Gasteiger partial charge in [0.1, 0.15) is 23.8 Å². The fraction of sp³-hybridized carbons (Fsp3) is 0.267. The first-order valence-corrected chi connectivity index (χ1v) is 15.0. The van der Waals surface area contributed by atoms with Gasteiger partial charge in [0.25, 0.3) is 0 Å². The van der Waals surface area contributed by atoms with E-state index in [1.807, 2.05) is 36.4 Å². The largest absolute Gasteiger partial charge is 0.479 e. The summed E-state index contributed by atoms with van der Waals surface area (Å²) in [7, 11) is 0. The van der Waals surface area contributed by atoms with Crippen molar-refractivity contribution in [3.8, 4) is 11.1 Å². The minimum Gasteiger partial charge on any atom is -0.479 e. The standard InChI is InChI=1S/C30H26ClN7O6S/c1-33-11-18-4-2-3-5-19(18)17-8-6-16(7-9-17)10-30(28(41)42,21-13-45-15-35-21)43-12-20-23(39)24(40)27(44-20)38-14-34-22-25(32)36-29(31)37-26(22)38/h2-9,13-15,20,23-24,27,39-40H,10-12H2,(H,41,42)(H2,32,36,37)/t20-,23-,24-,27-,30-/m1/s1. The Balaban J connectivity index is 1.25. The number of thiazole rings is 1. The molecule has 0 aliphatic carbocycles. The number of aliphatic carboxylic acids is 1. The van der Waals surface area contributed by atoms with Crippen molar-refractivity contribution in [2.75, 3.05) is 12.3 Å². The van der Waals surface area contributed by atoms with Gasteiger partial charge in [-0.2, -0.15) is 9.97 Å². The van der Waals surface area contributed by atoms with Crippen molar-refractivity contribution in [2.24, 2.45) is 0 Å². The molecule has 45 heavy (non-hydrogen) atoms. The number of halogens is 1. The molecule has 5 atom stereocenters. The Kier molecular flexibility index (Phi) is 8.47. The van der Waals surface area contributed by atoms with E-state index in [1.54, 1.807) is 17.5 Å². The van der Waals surface area contributed by atoms with Crippen molar-refractivity contribution in [1.82, 2.24) is 24.5 Å². The number of benzene rings is 2. The van der Waals surface area contributed by atoms with E-state index in [4.69, 9.17) is 33.4 Å². The Morgan fingerprint density at radius 2 is 1.93 bits per heavy atom. The van der Waals surface area contributed by atoms with Crippen LogP contribution in [0, 0.1) is 6.57 Å². The summed E-state index contributed by atoms with van der Waals surface area (Å²) in [6, 6.07) is 15.0. The maximum Gasteiger partial charge on any atom is 0.342 e. The molecule has 1 fully saturated rings. The second-order valence-electron chi connectivity index (χ2n) is 10.4. The SMILES string of the molecule is [C-]#[N+]Cc1ccccc1-c1ccc(C[C@](OC[C@H]2O[C@@H](n3cnc4c(N)nc(Cl)nc43)[C@H](O)[C@@H]2O)(C(=O)O)c2cscn2)cc1. The van der Waals surface area contributed by atoms with E-state index in [9.17, 15) is 20.1 Å². The summed E-state index contributed by atoms with van der Waals surface area (Å²) in [6.45, 7) is 7.10. The van der Waals surface area contributed by atoms with E-state index >= 15 is 0 Å². The maximum atomic E-state index is 12.9. The van der Waals surface area contributed by atoms with Gasteiger partial charge in [0.15, 0.2) is 17.7 Å². The van der Waals surface area contributed by atoms with Crippen LogP contribution in [0.3, 0.4) is 0 Å². The Hall–Kier alpha value is -4.49. The molecule has 0 bridgehead atoms. The van der Waals surface area contributed by atoms with Gasteiger partial charge in [-0.25, -0.2) is 21.3 Å². The lowest BCUT2D eigenvalue weighted by Crippen LogP contribution is -2.44. The van der Waals surface area contributed by atoms with Gasteiger partial charge in [-0.15, -0.1) is 11.3 Å². The number of carboxylic acids is 1. The second-order valence-corrected chi connectivity index (χ2v) is 11.5. The number of nitrogens with zero attached hydrogens (tertiary/aromatic N) is 6. The van der Waals surface area contributed by atoms with Crippen LogP contribution in [0.25, 0.3) is 27.1 Å². The molecule has 0 spiro atoms. The third-order valence-electron chi connectivity index (χ3n) is 7.70. The highest BCUT2D eigenvalue weighted by Crippen LogP contribution is 2.36. The van der Waals surface area contributed by atoms with E-state index < -0.39 is 42.7 Å². The normalized spacial score (nSPS) is 21.0. The molecular formula is C30H26ClN7O6S. The van der Waals surface area contributed by atoms with E-state index in [1.165, 1.54) is 27.7 Å². The van der Waals surface area contributed by atoms with Crippen LogP contribution in [0.2, 0.25) is 5.28 Å². The number of nitrogens with two attached hydrogens (primary N) is 1. The smallest absolute Gasteiger partial charge is 0.342 e. The Morgan fingerprint density at radius 1 is 1.16 bits per heavy atom. The van der Waals surface area contributed by atoms with Gasteiger partial charge in [0.2, 0.25) is 17.4 Å². The maximum absolute atomic E-state index is 12.9. The summed E-state index contributed by atoms with van der Waals surface area (Å²) in [4.78, 5) is 32.9. The first-order valence-electron chi connectivity index (χ1n) is 13.7. The van der Waals surface area contributed by atoms with Crippen LogP contribution >= 0.6 is 22.9 Å². The molecule has 1 aliphatic heterocycles. The highest BCUT2D eigenvalue weighted by molar-refractivity contribution is 7.07. The van der Waals surface area contributed by atoms with Crippen LogP contribution in [0.1, 0.15) is 23.0 Å². The lowest BCUT2D eigenvalue weighted by atomic mass is 9.90. The number of hydrogen-bond acceptors (Lipinski definition) is 11. The number of aliphatic hydroxyl groups excluding tert-OH is 2. The van der Waals surface area contributed by atoms with Crippen molar-refractivity contribution in [2.45, 2.75) is 43.1 Å². The molecule has 5 aromatic rings. The molecule has 0 radical (unpaired) electrons. The van der Waals surface area contributed by atoms with Crippen molar-refractivity contribution in [3.05, 3.63) is 99.3 Å². The number of hydrogen-bond donors (Lipinski definition) is 4. The number of rotatable bonds is 10. The lowest BCUT2D eigenvalue weighted by Gasteiger charge is -2.30. The summed E-state index contributed by atoms with van der Waals surface area (Å²) in [6.07, 6.45) is -3.93. The van der Waals surface area contributed by atoms with Crippen molar-refractivity contribution < 1.29 is 29.6 Å². The summed E-state index contributed by atoms with van der Waals surface area (Å²) in [5.74, 6) is -1.25. The Labute approximate surface area is 265 Å². The second kappa shape index (κ2) is 12.5. The van der Waals surface area contributed by atoms with Crippen LogP contribution in [0.5, 0.6) is 0 Å². The molecule has 4 heterocycles. The molecule has 3 aromatic heterocycles. The molecule has 6 rings (SSSR count). The fourth-order valence-electron chi connectivity index (χ4n) is 5.41. The van der Waals surface area contributed by atoms with E-state index in [2.05, 4.69) is 24.8 Å². The number of imidazole rings is 1. The van der Waals surface area contributed by atoms with E-state index in [0.29, 0.717) is 5.56 Å². The van der Waals surface area contributed by atoms with Crippen LogP contribution < -0.4 is 5.73 Å². The number of aliphatic hydroxyl groups is 2. The number of nitrogen functional groups attached to an aromatic ring is 1. The molecule has 1 saturated heterocycles. The predicted octanol–water partition coefficient (Wildman–Crippen LogP) is 3.46. The number of ether oxygens (including phenoxy) is 2. The van der Waals surface area contributed by atoms with Gasteiger partial charge >= 0.3 is 5.97 Å². The molecular weight excluding hydrogens is 622 g/mol. The van der Waals surface area contributed by atoms with Crippen molar-refractivity contribution in [3.63, 3.8) is 0 Å². The molecule has 0 unspecified atom stereocenters. The summed E-state index contributed by atoms with van der Waals surface area (Å²) < 4.78 is 13.5. The predicted molar refractivity (Wildman–Crippen MR) is 164 cm³/mol. The van der Waals surface area contributed by atoms with Crippen LogP contribution in [0.4, 0.5) is 5.82 Å². The average Bonchev–Trinajstić information content (AvgIpc) is 3.77. The van der Waals surface area contributed by atoms with Crippen molar-refractivity contribution in [1.29, 1.82) is 0 Å². The third-order valence-corrected chi connectivity index (χ3v) is 8.46. The molecule has 13 nitrogen and oxygen atoms in total. The van der Waals surface area contributed by atoms with Crippen molar-refractivity contribution >= 4 is 45.9 Å². The minimum atomic E-state index is -1.94. The van der Waals surface area contributed by atoms with Gasteiger partial charge in [-0.3, -0.25) is 4.57 Å². The van der Waals surface area contributed by atoms with E-state index in [0.717, 1.165) is 16.7 Å². The molecule has 1 aliphatic rings. The highest BCUT2D eigenvalue weighted by Gasteiger charge is 2.49.